The minimum atomic E-state index is -0.539. The molecule has 3 fully saturated rings. The molecule has 0 bridgehead atoms. The highest BCUT2D eigenvalue weighted by atomic mass is 16.6. The van der Waals surface area contributed by atoms with Crippen LogP contribution >= 0.6 is 0 Å². The summed E-state index contributed by atoms with van der Waals surface area (Å²) >= 11 is 0. The zero-order chi connectivity index (χ0) is 17.4. The van der Waals surface area contributed by atoms with Gasteiger partial charge in [-0.25, -0.2) is 0 Å². The molecule has 1 aromatic rings. The number of nitrogen functional groups attached to an aromatic ring is 1. The minimum absolute atomic E-state index is 0.0864. The zero-order valence-corrected chi connectivity index (χ0v) is 14.4. The van der Waals surface area contributed by atoms with Crippen molar-refractivity contribution in [2.45, 2.75) is 62.9 Å². The SMILES string of the molecule is Nc1n[nH]c(C2CCN(C(=O)[C@@H]3CC(=O)OC34CCCCC4)CC2)n1. The average molecular weight is 347 g/mol. The number of anilines is 1. The quantitative estimate of drug-likeness (QED) is 0.781. The summed E-state index contributed by atoms with van der Waals surface area (Å²) in [6.07, 6.45) is 6.76. The van der Waals surface area contributed by atoms with Crippen LogP contribution in [0.15, 0.2) is 0 Å². The second-order valence-corrected chi connectivity index (χ2v) is 7.53. The van der Waals surface area contributed by atoms with Gasteiger partial charge >= 0.3 is 5.97 Å². The van der Waals surface area contributed by atoms with Crippen molar-refractivity contribution in [2.75, 3.05) is 18.8 Å². The molecule has 2 saturated heterocycles. The summed E-state index contributed by atoms with van der Waals surface area (Å²) in [7, 11) is 0. The topological polar surface area (TPSA) is 114 Å². The lowest BCUT2D eigenvalue weighted by molar-refractivity contribution is -0.156. The molecule has 1 aromatic heterocycles. The van der Waals surface area contributed by atoms with Crippen molar-refractivity contribution < 1.29 is 14.3 Å². The van der Waals surface area contributed by atoms with Gasteiger partial charge in [0.25, 0.3) is 0 Å². The fourth-order valence-corrected chi connectivity index (χ4v) is 4.67. The summed E-state index contributed by atoms with van der Waals surface area (Å²) in [5.74, 6) is 0.870. The molecule has 8 nitrogen and oxygen atoms in total. The molecular formula is C17H25N5O3. The number of nitrogens with two attached hydrogens (primary N) is 1. The fourth-order valence-electron chi connectivity index (χ4n) is 4.67. The molecule has 1 spiro atoms. The monoisotopic (exact) mass is 347 g/mol. The molecule has 2 aliphatic heterocycles. The third-order valence-corrected chi connectivity index (χ3v) is 6.03. The molecule has 1 aliphatic carbocycles. The fraction of sp³-hybridized carbons (Fsp3) is 0.765. The maximum Gasteiger partial charge on any atom is 0.307 e. The van der Waals surface area contributed by atoms with Gasteiger partial charge in [-0.3, -0.25) is 14.7 Å². The van der Waals surface area contributed by atoms with E-state index < -0.39 is 5.60 Å². The van der Waals surface area contributed by atoms with E-state index in [-0.39, 0.29) is 36.1 Å². The first-order valence-corrected chi connectivity index (χ1v) is 9.26. The van der Waals surface area contributed by atoms with Crippen LogP contribution in [0.25, 0.3) is 0 Å². The van der Waals surface area contributed by atoms with Crippen molar-refractivity contribution in [1.82, 2.24) is 20.1 Å². The van der Waals surface area contributed by atoms with Gasteiger partial charge in [0.2, 0.25) is 11.9 Å². The van der Waals surface area contributed by atoms with Gasteiger partial charge in [0.15, 0.2) is 0 Å². The molecule has 4 rings (SSSR count). The van der Waals surface area contributed by atoms with Gasteiger partial charge in [0.05, 0.1) is 12.3 Å². The predicted molar refractivity (Wildman–Crippen MR) is 89.4 cm³/mol. The van der Waals surface area contributed by atoms with Gasteiger partial charge in [0.1, 0.15) is 11.4 Å². The van der Waals surface area contributed by atoms with Crippen LogP contribution in [0.3, 0.4) is 0 Å². The number of ether oxygens (including phenoxy) is 1. The molecule has 1 atom stereocenters. The van der Waals surface area contributed by atoms with Crippen LogP contribution in [0.2, 0.25) is 0 Å². The molecule has 136 valence electrons. The van der Waals surface area contributed by atoms with Gasteiger partial charge in [0, 0.05) is 19.0 Å². The van der Waals surface area contributed by atoms with Crippen LogP contribution in [0.4, 0.5) is 5.95 Å². The number of carbonyl (C=O) groups excluding carboxylic acids is 2. The number of aromatic nitrogens is 3. The molecule has 25 heavy (non-hydrogen) atoms. The smallest absolute Gasteiger partial charge is 0.307 e. The van der Waals surface area contributed by atoms with E-state index in [0.717, 1.165) is 50.8 Å². The number of piperidine rings is 1. The Hall–Kier alpha value is -2.12. The van der Waals surface area contributed by atoms with Crippen molar-refractivity contribution in [2.24, 2.45) is 5.92 Å². The van der Waals surface area contributed by atoms with Crippen molar-refractivity contribution in [3.63, 3.8) is 0 Å². The van der Waals surface area contributed by atoms with Crippen LogP contribution < -0.4 is 5.73 Å². The number of amides is 1. The van der Waals surface area contributed by atoms with E-state index in [0.29, 0.717) is 13.1 Å². The molecule has 8 heteroatoms. The molecule has 3 N–H and O–H groups in total. The zero-order valence-electron chi connectivity index (χ0n) is 14.4. The Morgan fingerprint density at radius 3 is 2.60 bits per heavy atom. The first kappa shape index (κ1) is 16.4. The van der Waals surface area contributed by atoms with Gasteiger partial charge < -0.3 is 15.4 Å². The number of carbonyl (C=O) groups is 2. The molecule has 3 aliphatic rings. The Morgan fingerprint density at radius 1 is 1.24 bits per heavy atom. The highest BCUT2D eigenvalue weighted by Gasteiger charge is 2.53. The average Bonchev–Trinajstić information content (AvgIpc) is 3.19. The highest BCUT2D eigenvalue weighted by molar-refractivity contribution is 5.88. The maximum absolute atomic E-state index is 13.1. The lowest BCUT2D eigenvalue weighted by atomic mass is 9.75. The number of esters is 1. The van der Waals surface area contributed by atoms with Crippen LogP contribution in [0.1, 0.15) is 63.1 Å². The number of rotatable bonds is 2. The summed E-state index contributed by atoms with van der Waals surface area (Å²) in [6, 6.07) is 0. The van der Waals surface area contributed by atoms with Gasteiger partial charge in [-0.15, -0.1) is 5.10 Å². The second kappa shape index (κ2) is 6.31. The van der Waals surface area contributed by atoms with Crippen molar-refractivity contribution in [1.29, 1.82) is 0 Å². The first-order valence-electron chi connectivity index (χ1n) is 9.26. The van der Waals surface area contributed by atoms with E-state index in [1.807, 2.05) is 4.90 Å². The van der Waals surface area contributed by atoms with E-state index in [1.54, 1.807) is 0 Å². The van der Waals surface area contributed by atoms with E-state index in [1.165, 1.54) is 0 Å². The molecule has 1 saturated carbocycles. The van der Waals surface area contributed by atoms with Gasteiger partial charge in [-0.1, -0.05) is 6.42 Å². The summed E-state index contributed by atoms with van der Waals surface area (Å²) in [6.45, 7) is 1.34. The Morgan fingerprint density at radius 2 is 1.96 bits per heavy atom. The predicted octanol–water partition coefficient (Wildman–Crippen LogP) is 1.36. The molecule has 0 unspecified atom stereocenters. The molecular weight excluding hydrogens is 322 g/mol. The van der Waals surface area contributed by atoms with Crippen molar-refractivity contribution >= 4 is 17.8 Å². The number of hydrogen-bond donors (Lipinski definition) is 2. The maximum atomic E-state index is 13.1. The van der Waals surface area contributed by atoms with Crippen molar-refractivity contribution in [3.8, 4) is 0 Å². The van der Waals surface area contributed by atoms with Gasteiger partial charge in [-0.05, 0) is 38.5 Å². The third kappa shape index (κ3) is 2.98. The third-order valence-electron chi connectivity index (χ3n) is 6.03. The second-order valence-electron chi connectivity index (χ2n) is 7.53. The van der Waals surface area contributed by atoms with Gasteiger partial charge in [-0.2, -0.15) is 4.98 Å². The Bertz CT molecular complexity index is 659. The Labute approximate surface area is 146 Å². The number of aromatic amines is 1. The summed E-state index contributed by atoms with van der Waals surface area (Å²) in [4.78, 5) is 31.1. The summed E-state index contributed by atoms with van der Waals surface area (Å²) in [5, 5.41) is 6.75. The number of hydrogen-bond acceptors (Lipinski definition) is 6. The first-order chi connectivity index (χ1) is 12.1. The van der Waals surface area contributed by atoms with Crippen LogP contribution in [-0.2, 0) is 14.3 Å². The normalized spacial score (nSPS) is 26.8. The van der Waals surface area contributed by atoms with E-state index in [9.17, 15) is 9.59 Å². The number of likely N-dealkylation sites (tertiary alicyclic amines) is 1. The molecule has 3 heterocycles. The molecule has 0 radical (unpaired) electrons. The minimum Gasteiger partial charge on any atom is -0.458 e. The lowest BCUT2D eigenvalue weighted by Gasteiger charge is -2.39. The largest absolute Gasteiger partial charge is 0.458 e. The summed E-state index contributed by atoms with van der Waals surface area (Å²) < 4.78 is 5.68. The van der Waals surface area contributed by atoms with Crippen molar-refractivity contribution in [3.05, 3.63) is 5.82 Å². The lowest BCUT2D eigenvalue weighted by Crippen LogP contribution is -2.49. The molecule has 0 aromatic carbocycles. The number of H-pyrrole nitrogens is 1. The van der Waals surface area contributed by atoms with Crippen LogP contribution in [0.5, 0.6) is 0 Å². The Kier molecular flexibility index (Phi) is 4.13. The standard InChI is InChI=1S/C17H25N5O3/c18-16-19-14(20-21-16)11-4-8-22(9-5-11)15(24)12-10-13(23)25-17(12)6-2-1-3-7-17/h11-12H,1-10H2,(H3,18,19,20,21)/t12-/m0/s1. The molecule has 1 amide bonds. The van der Waals surface area contributed by atoms with E-state index in [2.05, 4.69) is 15.2 Å². The number of nitrogens with one attached hydrogen (secondary N) is 1. The highest BCUT2D eigenvalue weighted by Crippen LogP contribution is 2.45. The number of nitrogens with zero attached hydrogens (tertiary/aromatic N) is 3. The van der Waals surface area contributed by atoms with Crippen LogP contribution in [-0.4, -0.2) is 50.6 Å². The van der Waals surface area contributed by atoms with E-state index >= 15 is 0 Å². The summed E-state index contributed by atoms with van der Waals surface area (Å²) in [5.41, 5.74) is 5.03. The Balaban J connectivity index is 1.42. The van der Waals surface area contributed by atoms with E-state index in [4.69, 9.17) is 10.5 Å². The van der Waals surface area contributed by atoms with Crippen LogP contribution in [0, 0.1) is 5.92 Å².